The predicted octanol–water partition coefficient (Wildman–Crippen LogP) is 1.98. The number of rotatable bonds is 6. The number of anilines is 1. The van der Waals surface area contributed by atoms with Crippen molar-refractivity contribution >= 4 is 27.4 Å². The number of nitrogens with zero attached hydrogens (tertiary/aromatic N) is 1. The molecule has 1 amide bonds. The van der Waals surface area contributed by atoms with E-state index in [4.69, 9.17) is 4.74 Å². The fourth-order valence-electron chi connectivity index (χ4n) is 2.93. The topological polar surface area (TPSA) is 92.8 Å². The lowest BCUT2D eigenvalue weighted by atomic mass is 10.2. The van der Waals surface area contributed by atoms with E-state index in [1.165, 1.54) is 31.2 Å². The van der Waals surface area contributed by atoms with Gasteiger partial charge in [0.05, 0.1) is 12.0 Å². The van der Waals surface area contributed by atoms with Gasteiger partial charge < -0.3 is 9.64 Å². The van der Waals surface area contributed by atoms with Crippen LogP contribution in [0.5, 0.6) is 5.75 Å². The maximum Gasteiger partial charge on any atom is 0.245 e. The number of benzene rings is 2. The SMILES string of the molecule is COc1ccc(N2CCC(NS(=O)(=O)c3ccc(C(C)=O)cc3)C2=O)cc1. The number of hydrogen-bond donors (Lipinski definition) is 1. The fourth-order valence-corrected chi connectivity index (χ4v) is 4.16. The summed E-state index contributed by atoms with van der Waals surface area (Å²) in [6, 6.07) is 11.8. The number of amides is 1. The molecule has 2 aromatic rings. The predicted molar refractivity (Wildman–Crippen MR) is 101 cm³/mol. The quantitative estimate of drug-likeness (QED) is 0.764. The molecule has 1 N–H and O–H groups in total. The first-order chi connectivity index (χ1) is 12.8. The average Bonchev–Trinajstić information content (AvgIpc) is 3.01. The average molecular weight is 388 g/mol. The van der Waals surface area contributed by atoms with Crippen molar-refractivity contribution in [3.05, 3.63) is 54.1 Å². The van der Waals surface area contributed by atoms with Crippen LogP contribution in [0.4, 0.5) is 5.69 Å². The van der Waals surface area contributed by atoms with Crippen LogP contribution in [0.25, 0.3) is 0 Å². The normalized spacial score (nSPS) is 17.2. The van der Waals surface area contributed by atoms with Gasteiger partial charge in [-0.1, -0.05) is 12.1 Å². The number of ketones is 1. The standard InChI is InChI=1S/C19H20N2O5S/c1-13(22)14-3-9-17(10-4-14)27(24,25)20-18-11-12-21(19(18)23)15-5-7-16(26-2)8-6-15/h3-10,18,20H,11-12H2,1-2H3. The lowest BCUT2D eigenvalue weighted by Gasteiger charge is -2.17. The number of hydrogen-bond acceptors (Lipinski definition) is 5. The van der Waals surface area contributed by atoms with Crippen LogP contribution in [-0.2, 0) is 14.8 Å². The first-order valence-corrected chi connectivity index (χ1v) is 9.89. The van der Waals surface area contributed by atoms with E-state index in [2.05, 4.69) is 4.72 Å². The summed E-state index contributed by atoms with van der Waals surface area (Å²) in [5.41, 5.74) is 1.12. The second-order valence-corrected chi connectivity index (χ2v) is 7.94. The van der Waals surface area contributed by atoms with E-state index in [9.17, 15) is 18.0 Å². The molecule has 1 fully saturated rings. The molecule has 7 nitrogen and oxygen atoms in total. The number of nitrogens with one attached hydrogen (secondary N) is 1. The van der Waals surface area contributed by atoms with Crippen molar-refractivity contribution in [1.82, 2.24) is 4.72 Å². The third kappa shape index (κ3) is 4.01. The summed E-state index contributed by atoms with van der Waals surface area (Å²) >= 11 is 0. The van der Waals surface area contributed by atoms with Crippen LogP contribution in [0, 0.1) is 0 Å². The fraction of sp³-hybridized carbons (Fsp3) is 0.263. The number of ether oxygens (including phenoxy) is 1. The molecule has 3 rings (SSSR count). The van der Waals surface area contributed by atoms with Gasteiger partial charge in [0.1, 0.15) is 11.8 Å². The summed E-state index contributed by atoms with van der Waals surface area (Å²) in [4.78, 5) is 25.5. The molecule has 1 unspecified atom stereocenters. The van der Waals surface area contributed by atoms with Crippen molar-refractivity contribution in [2.45, 2.75) is 24.3 Å². The van der Waals surface area contributed by atoms with Crippen LogP contribution in [0.3, 0.4) is 0 Å². The Morgan fingerprint density at radius 2 is 1.74 bits per heavy atom. The Labute approximate surface area is 158 Å². The van der Waals surface area contributed by atoms with E-state index in [-0.39, 0.29) is 16.6 Å². The van der Waals surface area contributed by atoms with Crippen molar-refractivity contribution in [2.75, 3.05) is 18.6 Å². The summed E-state index contributed by atoms with van der Waals surface area (Å²) < 4.78 is 32.7. The van der Waals surface area contributed by atoms with Crippen LogP contribution in [-0.4, -0.2) is 39.8 Å². The van der Waals surface area contributed by atoms with Crippen molar-refractivity contribution < 1.29 is 22.7 Å². The van der Waals surface area contributed by atoms with E-state index in [0.29, 0.717) is 30.0 Å². The second-order valence-electron chi connectivity index (χ2n) is 6.23. The van der Waals surface area contributed by atoms with Gasteiger partial charge in [-0.3, -0.25) is 9.59 Å². The van der Waals surface area contributed by atoms with E-state index in [1.807, 2.05) is 0 Å². The Morgan fingerprint density at radius 3 is 2.30 bits per heavy atom. The van der Waals surface area contributed by atoms with E-state index in [0.717, 1.165) is 0 Å². The first kappa shape index (κ1) is 19.1. The van der Waals surface area contributed by atoms with Crippen LogP contribution in [0.1, 0.15) is 23.7 Å². The number of carbonyl (C=O) groups excluding carboxylic acids is 2. The number of carbonyl (C=O) groups is 2. The minimum atomic E-state index is -3.86. The van der Waals surface area contributed by atoms with Crippen LogP contribution in [0.2, 0.25) is 0 Å². The summed E-state index contributed by atoms with van der Waals surface area (Å²) in [5, 5.41) is 0. The summed E-state index contributed by atoms with van der Waals surface area (Å²) in [6.07, 6.45) is 0.371. The van der Waals surface area contributed by atoms with Crippen molar-refractivity contribution in [1.29, 1.82) is 0 Å². The molecule has 0 aromatic heterocycles. The second kappa shape index (κ2) is 7.50. The number of methoxy groups -OCH3 is 1. The largest absolute Gasteiger partial charge is 0.497 e. The van der Waals surface area contributed by atoms with E-state index >= 15 is 0 Å². The Morgan fingerprint density at radius 1 is 1.11 bits per heavy atom. The highest BCUT2D eigenvalue weighted by Crippen LogP contribution is 2.25. The van der Waals surface area contributed by atoms with Crippen LogP contribution >= 0.6 is 0 Å². The van der Waals surface area contributed by atoms with E-state index in [1.54, 1.807) is 36.3 Å². The molecule has 8 heteroatoms. The maximum absolute atomic E-state index is 12.6. The molecule has 27 heavy (non-hydrogen) atoms. The highest BCUT2D eigenvalue weighted by atomic mass is 32.2. The highest BCUT2D eigenvalue weighted by Gasteiger charge is 2.35. The molecule has 1 aliphatic rings. The molecule has 0 aliphatic carbocycles. The van der Waals surface area contributed by atoms with Crippen molar-refractivity contribution in [2.24, 2.45) is 0 Å². The molecule has 1 aliphatic heterocycles. The zero-order valence-electron chi connectivity index (χ0n) is 15.0. The zero-order chi connectivity index (χ0) is 19.6. The van der Waals surface area contributed by atoms with Gasteiger partial charge in [0.25, 0.3) is 0 Å². The molecule has 1 heterocycles. The van der Waals surface area contributed by atoms with Gasteiger partial charge in [0.15, 0.2) is 5.78 Å². The third-order valence-corrected chi connectivity index (χ3v) is 5.95. The number of sulfonamides is 1. The summed E-state index contributed by atoms with van der Waals surface area (Å²) in [5.74, 6) is 0.230. The van der Waals surface area contributed by atoms with Gasteiger partial charge >= 0.3 is 0 Å². The van der Waals surface area contributed by atoms with Gasteiger partial charge in [-0.25, -0.2) is 8.42 Å². The van der Waals surface area contributed by atoms with Gasteiger partial charge in [0, 0.05) is 17.8 Å². The molecule has 0 saturated carbocycles. The summed E-state index contributed by atoms with van der Waals surface area (Å²) in [7, 11) is -2.30. The van der Waals surface area contributed by atoms with Gasteiger partial charge in [-0.2, -0.15) is 4.72 Å². The molecular formula is C19H20N2O5S. The Hall–Kier alpha value is -2.71. The van der Waals surface area contributed by atoms with Gasteiger partial charge in [-0.05, 0) is 49.7 Å². The number of Topliss-reactive ketones (excluding diaryl/α,β-unsaturated/α-hetero) is 1. The zero-order valence-corrected chi connectivity index (χ0v) is 15.8. The first-order valence-electron chi connectivity index (χ1n) is 8.40. The Bertz CT molecular complexity index is 953. The molecule has 1 atom stereocenters. The Kier molecular flexibility index (Phi) is 5.29. The third-order valence-electron chi connectivity index (χ3n) is 4.46. The van der Waals surface area contributed by atoms with Crippen LogP contribution in [0.15, 0.2) is 53.4 Å². The molecule has 142 valence electrons. The van der Waals surface area contributed by atoms with Gasteiger partial charge in [0.2, 0.25) is 15.9 Å². The molecule has 0 spiro atoms. The van der Waals surface area contributed by atoms with Crippen molar-refractivity contribution in [3.63, 3.8) is 0 Å². The lowest BCUT2D eigenvalue weighted by Crippen LogP contribution is -2.41. The van der Waals surface area contributed by atoms with Crippen molar-refractivity contribution in [3.8, 4) is 5.75 Å². The van der Waals surface area contributed by atoms with E-state index < -0.39 is 16.1 Å². The molecular weight excluding hydrogens is 368 g/mol. The minimum absolute atomic E-state index is 0.0168. The minimum Gasteiger partial charge on any atom is -0.497 e. The summed E-state index contributed by atoms with van der Waals surface area (Å²) in [6.45, 7) is 1.83. The highest BCUT2D eigenvalue weighted by molar-refractivity contribution is 7.89. The molecule has 2 aromatic carbocycles. The van der Waals surface area contributed by atoms with Crippen LogP contribution < -0.4 is 14.4 Å². The monoisotopic (exact) mass is 388 g/mol. The lowest BCUT2D eigenvalue weighted by molar-refractivity contribution is -0.118. The molecule has 1 saturated heterocycles. The Balaban J connectivity index is 1.73. The smallest absolute Gasteiger partial charge is 0.245 e. The molecule has 0 radical (unpaired) electrons. The molecule has 0 bridgehead atoms. The van der Waals surface area contributed by atoms with Gasteiger partial charge in [-0.15, -0.1) is 0 Å². The maximum atomic E-state index is 12.6.